The Morgan fingerprint density at radius 1 is 1.00 bits per heavy atom. The minimum Gasteiger partial charge on any atom is -0.423 e. The molecule has 0 radical (unpaired) electrons. The van der Waals surface area contributed by atoms with E-state index in [1.54, 1.807) is 54.6 Å². The number of hydrogen-bond acceptors (Lipinski definition) is 5. The number of amides is 2. The number of benzene rings is 3. The third kappa shape index (κ3) is 6.89. The minimum atomic E-state index is -0.520. The van der Waals surface area contributed by atoms with E-state index in [0.29, 0.717) is 27.5 Å². The Morgan fingerprint density at radius 2 is 1.75 bits per heavy atom. The van der Waals surface area contributed by atoms with E-state index in [9.17, 15) is 14.4 Å². The number of halogens is 2. The van der Waals surface area contributed by atoms with Gasteiger partial charge in [-0.2, -0.15) is 5.10 Å². The Hall–Kier alpha value is -3.24. The van der Waals surface area contributed by atoms with Gasteiger partial charge < -0.3 is 10.1 Å². The molecule has 9 heteroatoms. The Labute approximate surface area is 202 Å². The van der Waals surface area contributed by atoms with Gasteiger partial charge in [0.25, 0.3) is 11.8 Å². The van der Waals surface area contributed by atoms with Crippen LogP contribution in [0.2, 0.25) is 5.02 Å². The molecule has 0 saturated heterocycles. The van der Waals surface area contributed by atoms with E-state index in [-0.39, 0.29) is 12.5 Å². The molecule has 2 amide bonds. The van der Waals surface area contributed by atoms with Crippen LogP contribution >= 0.6 is 34.2 Å². The Kier molecular flexibility index (Phi) is 8.34. The fraction of sp³-hybridized carbons (Fsp3) is 0.0435. The van der Waals surface area contributed by atoms with E-state index in [2.05, 4.69) is 38.4 Å². The highest BCUT2D eigenvalue weighted by atomic mass is 127. The fourth-order valence-corrected chi connectivity index (χ4v) is 3.35. The molecule has 2 N–H and O–H groups in total. The number of esters is 1. The topological polar surface area (TPSA) is 96.9 Å². The van der Waals surface area contributed by atoms with Gasteiger partial charge in [0.15, 0.2) is 0 Å². The van der Waals surface area contributed by atoms with Crippen molar-refractivity contribution in [2.24, 2.45) is 5.10 Å². The van der Waals surface area contributed by atoms with Crippen LogP contribution in [0.5, 0.6) is 5.75 Å². The normalized spacial score (nSPS) is 10.6. The zero-order valence-electron chi connectivity index (χ0n) is 16.5. The fourth-order valence-electron chi connectivity index (χ4n) is 2.52. The summed E-state index contributed by atoms with van der Waals surface area (Å²) in [5, 5.41) is 6.85. The molecule has 32 heavy (non-hydrogen) atoms. The maximum atomic E-state index is 12.1. The largest absolute Gasteiger partial charge is 0.423 e. The molecule has 0 spiro atoms. The average molecular weight is 562 g/mol. The predicted molar refractivity (Wildman–Crippen MR) is 130 cm³/mol. The highest BCUT2D eigenvalue weighted by Crippen LogP contribution is 2.16. The first-order valence-corrected chi connectivity index (χ1v) is 10.8. The van der Waals surface area contributed by atoms with Crippen molar-refractivity contribution in [1.29, 1.82) is 0 Å². The third-order valence-electron chi connectivity index (χ3n) is 4.08. The second-order valence-electron chi connectivity index (χ2n) is 6.42. The van der Waals surface area contributed by atoms with E-state index < -0.39 is 11.9 Å². The first-order chi connectivity index (χ1) is 15.4. The second-order valence-corrected chi connectivity index (χ2v) is 8.02. The lowest BCUT2D eigenvalue weighted by atomic mass is 10.2. The lowest BCUT2D eigenvalue weighted by molar-refractivity contribution is -0.120. The molecular weight excluding hydrogens is 545 g/mol. The zero-order chi connectivity index (χ0) is 22.9. The summed E-state index contributed by atoms with van der Waals surface area (Å²) in [5.41, 5.74) is 3.87. The van der Waals surface area contributed by atoms with E-state index in [0.717, 1.165) is 3.57 Å². The van der Waals surface area contributed by atoms with Crippen LogP contribution in [0, 0.1) is 3.57 Å². The summed E-state index contributed by atoms with van der Waals surface area (Å²) in [6, 6.07) is 20.1. The summed E-state index contributed by atoms with van der Waals surface area (Å²) in [4.78, 5) is 36.1. The molecule has 0 fully saturated rings. The maximum absolute atomic E-state index is 12.1. The summed E-state index contributed by atoms with van der Waals surface area (Å²) in [7, 11) is 0. The minimum absolute atomic E-state index is 0.209. The van der Waals surface area contributed by atoms with Crippen LogP contribution in [0.15, 0.2) is 77.9 Å². The molecule has 0 aliphatic heterocycles. The van der Waals surface area contributed by atoms with E-state index in [1.165, 1.54) is 12.3 Å². The molecule has 0 atom stereocenters. The monoisotopic (exact) mass is 561 g/mol. The summed E-state index contributed by atoms with van der Waals surface area (Å²) >= 11 is 7.94. The van der Waals surface area contributed by atoms with Gasteiger partial charge in [0.05, 0.1) is 23.9 Å². The number of nitrogens with one attached hydrogen (secondary N) is 2. The number of nitrogens with zero attached hydrogens (tertiary/aromatic N) is 1. The van der Waals surface area contributed by atoms with Gasteiger partial charge in [-0.1, -0.05) is 29.8 Å². The van der Waals surface area contributed by atoms with Crippen LogP contribution in [0.4, 0.5) is 0 Å². The van der Waals surface area contributed by atoms with E-state index in [4.69, 9.17) is 16.3 Å². The molecule has 7 nitrogen and oxygen atoms in total. The van der Waals surface area contributed by atoms with Gasteiger partial charge in [0, 0.05) is 8.59 Å². The van der Waals surface area contributed by atoms with Crippen LogP contribution in [-0.4, -0.2) is 30.5 Å². The lowest BCUT2D eigenvalue weighted by Crippen LogP contribution is -2.35. The second kappa shape index (κ2) is 11.4. The van der Waals surface area contributed by atoms with Crippen molar-refractivity contribution in [1.82, 2.24) is 10.7 Å². The number of rotatable bonds is 7. The molecule has 0 unspecified atom stereocenters. The standard InChI is InChI=1S/C23H17ClIN3O4/c24-17-5-3-4-16(12-17)23(31)32-18-10-8-15(9-11-18)13-27-28-21(29)14-26-22(30)19-6-1-2-7-20(19)25/h1-13H,14H2,(H,26,30)(H,28,29). The van der Waals surface area contributed by atoms with Crippen LogP contribution in [-0.2, 0) is 4.79 Å². The molecule has 3 aromatic carbocycles. The quantitative estimate of drug-likeness (QED) is 0.150. The predicted octanol–water partition coefficient (Wildman–Crippen LogP) is 4.04. The maximum Gasteiger partial charge on any atom is 0.343 e. The summed E-state index contributed by atoms with van der Waals surface area (Å²) < 4.78 is 6.09. The van der Waals surface area contributed by atoms with Gasteiger partial charge in [-0.15, -0.1) is 0 Å². The molecule has 0 aliphatic carbocycles. The van der Waals surface area contributed by atoms with Gasteiger partial charge in [-0.3, -0.25) is 9.59 Å². The number of carbonyl (C=O) groups excluding carboxylic acids is 3. The van der Waals surface area contributed by atoms with E-state index >= 15 is 0 Å². The number of carbonyl (C=O) groups is 3. The van der Waals surface area contributed by atoms with Crippen molar-refractivity contribution in [2.75, 3.05) is 6.54 Å². The summed E-state index contributed by atoms with van der Waals surface area (Å²) in [6.45, 7) is -0.209. The Balaban J connectivity index is 1.46. The number of ether oxygens (including phenoxy) is 1. The van der Waals surface area contributed by atoms with Crippen LogP contribution in [0.1, 0.15) is 26.3 Å². The first-order valence-electron chi connectivity index (χ1n) is 9.35. The van der Waals surface area contributed by atoms with E-state index in [1.807, 2.05) is 12.1 Å². The molecule has 3 aromatic rings. The molecular formula is C23H17ClIN3O4. The van der Waals surface area contributed by atoms with Gasteiger partial charge in [0.2, 0.25) is 0 Å². The Bertz CT molecular complexity index is 1170. The van der Waals surface area contributed by atoms with Crippen molar-refractivity contribution in [3.8, 4) is 5.75 Å². The van der Waals surface area contributed by atoms with Crippen molar-refractivity contribution in [3.63, 3.8) is 0 Å². The smallest absolute Gasteiger partial charge is 0.343 e. The van der Waals surface area contributed by atoms with Crippen molar-refractivity contribution >= 4 is 58.2 Å². The van der Waals surface area contributed by atoms with Gasteiger partial charge in [0.1, 0.15) is 5.75 Å². The van der Waals surface area contributed by atoms with Crippen LogP contribution < -0.4 is 15.5 Å². The lowest BCUT2D eigenvalue weighted by Gasteiger charge is -2.06. The summed E-state index contributed by atoms with van der Waals surface area (Å²) in [5.74, 6) is -0.965. The molecule has 0 bridgehead atoms. The molecule has 3 rings (SSSR count). The molecule has 0 heterocycles. The molecule has 162 valence electrons. The van der Waals surface area contributed by atoms with Crippen molar-refractivity contribution in [3.05, 3.63) is 98.1 Å². The SMILES string of the molecule is O=C(CNC(=O)c1ccccc1I)NN=Cc1ccc(OC(=O)c2cccc(Cl)c2)cc1. The molecule has 0 aromatic heterocycles. The number of hydrogen-bond donors (Lipinski definition) is 2. The van der Waals surface area contributed by atoms with Crippen LogP contribution in [0.25, 0.3) is 0 Å². The van der Waals surface area contributed by atoms with Crippen molar-refractivity contribution < 1.29 is 19.1 Å². The highest BCUT2D eigenvalue weighted by Gasteiger charge is 2.11. The van der Waals surface area contributed by atoms with Crippen molar-refractivity contribution in [2.45, 2.75) is 0 Å². The molecule has 0 aliphatic rings. The molecule has 0 saturated carbocycles. The number of hydrazone groups is 1. The average Bonchev–Trinajstić information content (AvgIpc) is 2.79. The third-order valence-corrected chi connectivity index (χ3v) is 5.26. The zero-order valence-corrected chi connectivity index (χ0v) is 19.5. The van der Waals surface area contributed by atoms with Gasteiger partial charge >= 0.3 is 5.97 Å². The van der Waals surface area contributed by atoms with Crippen LogP contribution in [0.3, 0.4) is 0 Å². The van der Waals surface area contributed by atoms with Gasteiger partial charge in [-0.05, 0) is 82.8 Å². The summed E-state index contributed by atoms with van der Waals surface area (Å²) in [6.07, 6.45) is 1.43. The van der Waals surface area contributed by atoms with Gasteiger partial charge in [-0.25, -0.2) is 10.2 Å². The Morgan fingerprint density at radius 3 is 2.47 bits per heavy atom. The first kappa shape index (κ1) is 23.4. The highest BCUT2D eigenvalue weighted by molar-refractivity contribution is 14.1.